The Morgan fingerprint density at radius 2 is 0.692 bits per heavy atom. The number of hydrogen-bond acceptors (Lipinski definition) is 6. The van der Waals surface area contributed by atoms with Gasteiger partial charge in [0.1, 0.15) is 91.6 Å². The van der Waals surface area contributed by atoms with E-state index in [0.29, 0.717) is 39.5 Å². The van der Waals surface area contributed by atoms with Crippen molar-refractivity contribution in [2.24, 2.45) is 35.2 Å². The third-order valence-electron chi connectivity index (χ3n) is 23.0. The maximum atomic E-state index is 9.56. The van der Waals surface area contributed by atoms with Crippen molar-refractivity contribution in [2.45, 2.75) is 69.2 Å². The molecule has 20 aromatic rings. The number of para-hydroxylation sites is 1. The average Bonchev–Trinajstić information content (AvgIpc) is 1.61. The zero-order valence-corrected chi connectivity index (χ0v) is 69.6. The normalized spacial score (nSPS) is 11.1. The molecule has 0 aliphatic carbocycles. The van der Waals surface area contributed by atoms with Gasteiger partial charge in [-0.2, -0.15) is 5.26 Å². The molecule has 580 valence electrons. The van der Waals surface area contributed by atoms with Crippen LogP contribution < -0.4 is 22.8 Å². The van der Waals surface area contributed by atoms with Crippen LogP contribution in [0.25, 0.3) is 185 Å². The molecule has 120 heavy (non-hydrogen) atoms. The van der Waals surface area contributed by atoms with Crippen LogP contribution in [0.15, 0.2) is 265 Å². The van der Waals surface area contributed by atoms with Gasteiger partial charge in [0, 0.05) is 115 Å². The van der Waals surface area contributed by atoms with Crippen molar-refractivity contribution in [3.63, 3.8) is 0 Å². The van der Waals surface area contributed by atoms with Gasteiger partial charge in [0.2, 0.25) is 34.2 Å². The lowest BCUT2D eigenvalue weighted by atomic mass is 9.94. The van der Waals surface area contributed by atoms with Crippen LogP contribution in [-0.2, 0) is 35.2 Å². The van der Waals surface area contributed by atoms with Gasteiger partial charge < -0.3 is 22.1 Å². The molecule has 0 fully saturated rings. The van der Waals surface area contributed by atoms with E-state index in [4.69, 9.17) is 48.4 Å². The van der Waals surface area contributed by atoms with Gasteiger partial charge in [0.25, 0.3) is 0 Å². The van der Waals surface area contributed by atoms with E-state index in [1.807, 2.05) is 225 Å². The molecule has 0 unspecified atom stereocenters. The van der Waals surface area contributed by atoms with Gasteiger partial charge in [-0.3, -0.25) is 0 Å². The van der Waals surface area contributed by atoms with Crippen LogP contribution in [0.1, 0.15) is 61.2 Å². The molecule has 10 aromatic carbocycles. The lowest BCUT2D eigenvalue weighted by Crippen LogP contribution is -2.30. The summed E-state index contributed by atoms with van der Waals surface area (Å²) in [6.07, 6.45) is 10.2. The van der Waals surface area contributed by atoms with Crippen molar-refractivity contribution in [3.8, 4) is 62.4 Å². The summed E-state index contributed by atoms with van der Waals surface area (Å²) in [7, 11) is 10.2. The SMILES string of the molecule is Cc1cc(C#N)c2oc3cccc(C)c3c2c1-c1cccc[n+]1C.[C-]#[N+]c1ccc2c(c1)oc1c(-c3cccc[n+]3C)c(C)cc(C)c12.[C-]#[N+]c1ccc2oc3c(-c4cccc[n+]4C)c(C)cc(C)c3c2c1.[C-]#[N+]c1ccc2oc3ccc(C)c(-c4cccc[n+]4C)c3c2c1C.[C-]#[N+]c1cccc2c1oc1c(-c3cccc[n+]3C)c(C)cc(C)c12. The molecule has 0 atom stereocenters. The van der Waals surface area contributed by atoms with E-state index in [1.54, 1.807) is 0 Å². The molecule has 0 bridgehead atoms. The van der Waals surface area contributed by atoms with Crippen LogP contribution in [0, 0.1) is 107 Å². The predicted molar refractivity (Wildman–Crippen MR) is 479 cm³/mol. The van der Waals surface area contributed by atoms with Crippen molar-refractivity contribution < 1.29 is 44.9 Å². The summed E-state index contributed by atoms with van der Waals surface area (Å²) in [6.45, 7) is 50.2. The lowest BCUT2D eigenvalue weighted by Gasteiger charge is -2.08. The van der Waals surface area contributed by atoms with Gasteiger partial charge in [0.05, 0.1) is 59.7 Å². The molecular weight excluding hydrogens is 1480 g/mol. The number of nitriles is 1. The minimum atomic E-state index is 0.559. The van der Waals surface area contributed by atoms with E-state index in [2.05, 4.69) is 171 Å². The zero-order valence-electron chi connectivity index (χ0n) is 69.6. The summed E-state index contributed by atoms with van der Waals surface area (Å²) >= 11 is 0. The Hall–Kier alpha value is -15.6. The van der Waals surface area contributed by atoms with Crippen LogP contribution in [0.4, 0.5) is 22.7 Å². The maximum absolute atomic E-state index is 9.56. The number of nitrogens with zero attached hydrogens (tertiary/aromatic N) is 10. The predicted octanol–water partition coefficient (Wildman–Crippen LogP) is 25.5. The highest BCUT2D eigenvalue weighted by molar-refractivity contribution is 6.18. The van der Waals surface area contributed by atoms with Crippen LogP contribution in [-0.4, -0.2) is 0 Å². The van der Waals surface area contributed by atoms with Gasteiger partial charge in [-0.25, -0.2) is 42.2 Å². The Morgan fingerprint density at radius 1 is 0.267 bits per heavy atom. The monoisotopic (exact) mass is 1570 g/mol. The van der Waals surface area contributed by atoms with Crippen molar-refractivity contribution in [1.29, 1.82) is 5.26 Å². The highest BCUT2D eigenvalue weighted by Gasteiger charge is 2.29. The van der Waals surface area contributed by atoms with Gasteiger partial charge >= 0.3 is 0 Å². The smallest absolute Gasteiger partial charge is 0.229 e. The molecule has 0 aliphatic rings. The standard InChI is InChI=1S/5C21H17N2O/c1-13-12-14(2)19(17-10-5-6-11-23(17)4)21-18(13)15-8-7-9-16(22-3)20(15)24-21;1-13-8-10-18-21(19(13)16-7-5-6-12-23(16)4)20-14(2)15(22-3)9-11-17(20)24-18;1-13-11-14(2)20(17-7-5-6-10-23(17)4)21-19(13)16-12-15(22-3)8-9-18(16)24-21;1-13-11-14(2)20(17-7-5-6-10-23(17)4)21-19(13)16-9-8-15(22-3)12-18(16)24-21;1-13-7-6-9-17-19(13)20-18(16-8-4-5-10-23(16)3)14(2)11-15(12-22)21(20)24-17/h4*5-12H,1-2,4H3;4-11H,1-3H3/q5*+1. The summed E-state index contributed by atoms with van der Waals surface area (Å²) in [6, 6.07) is 72.6. The fourth-order valence-electron chi connectivity index (χ4n) is 17.4. The molecule has 0 amide bonds. The second kappa shape index (κ2) is 31.9. The van der Waals surface area contributed by atoms with Crippen LogP contribution >= 0.6 is 0 Å². The minimum absolute atomic E-state index is 0.559. The summed E-state index contributed by atoms with van der Waals surface area (Å²) in [5.74, 6) is 0. The van der Waals surface area contributed by atoms with Crippen LogP contribution in [0.3, 0.4) is 0 Å². The maximum Gasteiger partial charge on any atom is 0.229 e. The second-order valence-electron chi connectivity index (χ2n) is 30.8. The average molecular weight is 1570 g/mol. The third kappa shape index (κ3) is 13.7. The van der Waals surface area contributed by atoms with Gasteiger partial charge in [-0.15, -0.1) is 0 Å². The fourth-order valence-corrected chi connectivity index (χ4v) is 17.4. The Kier molecular flexibility index (Phi) is 20.8. The van der Waals surface area contributed by atoms with Gasteiger partial charge in [0.15, 0.2) is 53.6 Å². The Morgan fingerprint density at radius 3 is 1.21 bits per heavy atom. The van der Waals surface area contributed by atoms with Gasteiger partial charge in [-0.1, -0.05) is 78.9 Å². The number of hydrogen-bond donors (Lipinski definition) is 0. The summed E-state index contributed by atoms with van der Waals surface area (Å²) in [5, 5.41) is 20.2. The van der Waals surface area contributed by atoms with Gasteiger partial charge in [-0.05, 0) is 198 Å². The van der Waals surface area contributed by atoms with E-state index in [1.165, 1.54) is 44.5 Å². The number of rotatable bonds is 5. The molecule has 0 saturated carbocycles. The number of fused-ring (bicyclic) bond motifs is 15. The quantitative estimate of drug-likeness (QED) is 0.125. The van der Waals surface area contributed by atoms with Crippen molar-refractivity contribution in [1.82, 2.24) is 0 Å². The third-order valence-corrected chi connectivity index (χ3v) is 23.0. The summed E-state index contributed by atoms with van der Waals surface area (Å²) < 4.78 is 41.4. The Balaban J connectivity index is 0.000000112. The van der Waals surface area contributed by atoms with Crippen molar-refractivity contribution >= 4 is 132 Å². The number of pyridine rings is 5. The molecule has 0 aliphatic heterocycles. The number of benzene rings is 10. The Labute approximate surface area is 695 Å². The molecule has 15 heteroatoms. The molecule has 10 aromatic heterocycles. The highest BCUT2D eigenvalue weighted by atomic mass is 16.3. The van der Waals surface area contributed by atoms with E-state index in [0.717, 1.165) is 166 Å². The molecule has 0 spiro atoms. The van der Waals surface area contributed by atoms with Crippen LogP contribution in [0.2, 0.25) is 0 Å². The zero-order chi connectivity index (χ0) is 84.2. The first-order chi connectivity index (χ1) is 58.0. The molecule has 0 radical (unpaired) electrons. The van der Waals surface area contributed by atoms with Crippen molar-refractivity contribution in [3.05, 3.63) is 350 Å². The molecular formula is C105H85N10O5+5. The molecule has 20 rings (SSSR count). The van der Waals surface area contributed by atoms with E-state index in [-0.39, 0.29) is 0 Å². The van der Waals surface area contributed by atoms with Crippen molar-refractivity contribution in [2.75, 3.05) is 0 Å². The summed E-state index contributed by atoms with van der Waals surface area (Å²) in [5.41, 5.74) is 33.8. The number of furan rings is 5. The van der Waals surface area contributed by atoms with E-state index in [9.17, 15) is 5.26 Å². The first-order valence-electron chi connectivity index (χ1n) is 39.5. The first-order valence-corrected chi connectivity index (χ1v) is 39.5. The largest absolute Gasteiger partial charge is 0.466 e. The lowest BCUT2D eigenvalue weighted by molar-refractivity contribution is -0.660. The molecule has 0 N–H and O–H groups in total. The summed E-state index contributed by atoms with van der Waals surface area (Å²) in [4.78, 5) is 14.3. The highest BCUT2D eigenvalue weighted by Crippen LogP contribution is 2.47. The fraction of sp³-hybridized carbons (Fsp3) is 0.143. The topological polar surface area (TPSA) is 126 Å². The first kappa shape index (κ1) is 78.3. The van der Waals surface area contributed by atoms with E-state index >= 15 is 0 Å². The number of aromatic nitrogens is 5. The minimum Gasteiger partial charge on any atom is -0.466 e. The second-order valence-corrected chi connectivity index (χ2v) is 30.8. The molecule has 10 heterocycles. The molecule has 0 saturated heterocycles. The molecule has 15 nitrogen and oxygen atoms in total. The Bertz CT molecular complexity index is 7810. The number of aryl methyl sites for hydroxylation is 15. The van der Waals surface area contributed by atoms with E-state index < -0.39 is 0 Å². The van der Waals surface area contributed by atoms with Crippen LogP contribution in [0.5, 0.6) is 0 Å².